The highest BCUT2D eigenvalue weighted by Gasteiger charge is 2.33. The van der Waals surface area contributed by atoms with Crippen LogP contribution in [-0.2, 0) is 6.18 Å². The van der Waals surface area contributed by atoms with Gasteiger partial charge in [-0.15, -0.1) is 0 Å². The van der Waals surface area contributed by atoms with Gasteiger partial charge >= 0.3 is 6.18 Å². The fourth-order valence-electron chi connectivity index (χ4n) is 2.60. The monoisotopic (exact) mass is 301 g/mol. The zero-order chi connectivity index (χ0) is 15.8. The molecule has 1 fully saturated rings. The third kappa shape index (κ3) is 3.29. The van der Waals surface area contributed by atoms with Crippen molar-refractivity contribution in [3.8, 4) is 0 Å². The van der Waals surface area contributed by atoms with Crippen molar-refractivity contribution in [1.82, 2.24) is 0 Å². The molecule has 0 amide bonds. The molecule has 0 saturated carbocycles. The average molecular weight is 301 g/mol. The van der Waals surface area contributed by atoms with Gasteiger partial charge in [0.25, 0.3) is 0 Å². The van der Waals surface area contributed by atoms with Crippen LogP contribution in [0.15, 0.2) is 18.2 Å². The summed E-state index contributed by atoms with van der Waals surface area (Å²) in [7, 11) is 0. The lowest BCUT2D eigenvalue weighted by molar-refractivity contribution is -0.137. The summed E-state index contributed by atoms with van der Waals surface area (Å²) >= 11 is 0. The van der Waals surface area contributed by atoms with E-state index in [4.69, 9.17) is 11.1 Å². The van der Waals surface area contributed by atoms with Crippen LogP contribution in [0, 0.1) is 11.3 Å². The number of nitrogens with zero attached hydrogens (tertiary/aromatic N) is 1. The van der Waals surface area contributed by atoms with Crippen LogP contribution in [0.25, 0.3) is 0 Å². The highest BCUT2D eigenvalue weighted by molar-refractivity contribution is 6.00. The van der Waals surface area contributed by atoms with Crippen LogP contribution in [0.5, 0.6) is 0 Å². The highest BCUT2D eigenvalue weighted by atomic mass is 19.4. The van der Waals surface area contributed by atoms with E-state index < -0.39 is 23.7 Å². The number of nitrogens with two attached hydrogens (primary N) is 1. The number of hydrogen-bond donors (Lipinski definition) is 3. The van der Waals surface area contributed by atoms with Crippen molar-refractivity contribution in [3.05, 3.63) is 29.3 Å². The summed E-state index contributed by atoms with van der Waals surface area (Å²) in [5.41, 5.74) is 5.20. The van der Waals surface area contributed by atoms with Gasteiger partial charge in [-0.2, -0.15) is 13.2 Å². The van der Waals surface area contributed by atoms with Crippen molar-refractivity contribution in [1.29, 1.82) is 5.41 Å². The summed E-state index contributed by atoms with van der Waals surface area (Å²) in [6.45, 7) is 2.87. The minimum atomic E-state index is -4.46. The first-order chi connectivity index (χ1) is 9.70. The smallest absolute Gasteiger partial charge is 0.393 e. The fraction of sp³-hybridized carbons (Fsp3) is 0.500. The van der Waals surface area contributed by atoms with Crippen molar-refractivity contribution in [2.75, 3.05) is 18.0 Å². The van der Waals surface area contributed by atoms with Gasteiger partial charge in [0.05, 0.1) is 11.7 Å². The van der Waals surface area contributed by atoms with E-state index in [1.807, 2.05) is 4.90 Å². The highest BCUT2D eigenvalue weighted by Crippen LogP contribution is 2.34. The molecule has 0 spiro atoms. The Balaban J connectivity index is 2.34. The zero-order valence-corrected chi connectivity index (χ0v) is 11.6. The second kappa shape index (κ2) is 5.55. The first-order valence-electron chi connectivity index (χ1n) is 6.69. The number of nitrogens with one attached hydrogen (secondary N) is 1. The number of hydrogen-bond acceptors (Lipinski definition) is 3. The second-order valence-corrected chi connectivity index (χ2v) is 5.38. The van der Waals surface area contributed by atoms with Crippen LogP contribution < -0.4 is 10.6 Å². The van der Waals surface area contributed by atoms with Crippen molar-refractivity contribution in [2.24, 2.45) is 11.7 Å². The molecule has 1 heterocycles. The Labute approximate surface area is 120 Å². The van der Waals surface area contributed by atoms with Crippen LogP contribution in [0.4, 0.5) is 18.9 Å². The zero-order valence-electron chi connectivity index (χ0n) is 11.6. The number of nitrogen functional groups attached to an aromatic ring is 1. The Morgan fingerprint density at radius 2 is 2.14 bits per heavy atom. The van der Waals surface area contributed by atoms with E-state index in [0.29, 0.717) is 18.8 Å². The van der Waals surface area contributed by atoms with Crippen molar-refractivity contribution >= 4 is 11.5 Å². The molecule has 4 N–H and O–H groups in total. The summed E-state index contributed by atoms with van der Waals surface area (Å²) in [4.78, 5) is 1.87. The molecule has 2 unspecified atom stereocenters. The summed E-state index contributed by atoms with van der Waals surface area (Å²) < 4.78 is 38.3. The number of alkyl halides is 3. The summed E-state index contributed by atoms with van der Waals surface area (Å²) in [6.07, 6.45) is -4.17. The van der Waals surface area contributed by atoms with Gasteiger partial charge in [0.15, 0.2) is 0 Å². The number of halogens is 3. The molecule has 1 aliphatic heterocycles. The molecule has 2 atom stereocenters. The fourth-order valence-corrected chi connectivity index (χ4v) is 2.60. The molecule has 0 aromatic heterocycles. The Bertz CT molecular complexity index is 543. The Hall–Kier alpha value is -1.76. The van der Waals surface area contributed by atoms with E-state index in [-0.39, 0.29) is 11.5 Å². The molecule has 0 aliphatic carbocycles. The molecule has 2 rings (SSSR count). The van der Waals surface area contributed by atoms with E-state index in [2.05, 4.69) is 0 Å². The molecular formula is C14H18F3N3O. The molecule has 21 heavy (non-hydrogen) atoms. The number of anilines is 1. The van der Waals surface area contributed by atoms with E-state index in [1.165, 1.54) is 6.07 Å². The van der Waals surface area contributed by atoms with Crippen molar-refractivity contribution in [2.45, 2.75) is 25.6 Å². The van der Waals surface area contributed by atoms with Gasteiger partial charge in [0, 0.05) is 30.3 Å². The first-order valence-corrected chi connectivity index (χ1v) is 6.69. The van der Waals surface area contributed by atoms with E-state index >= 15 is 0 Å². The SMILES string of the molecule is CC(O)C1CCN(c2ccc(C(F)(F)F)cc2C(=N)N)C1. The predicted octanol–water partition coefficient (Wildman–Crippen LogP) is 2.20. The molecule has 1 saturated heterocycles. The molecule has 1 aromatic carbocycles. The van der Waals surface area contributed by atoms with Crippen LogP contribution in [0.3, 0.4) is 0 Å². The molecule has 1 aromatic rings. The lowest BCUT2D eigenvalue weighted by Crippen LogP contribution is -2.27. The average Bonchev–Trinajstić information content (AvgIpc) is 2.86. The normalized spacial score (nSPS) is 20.6. The molecule has 1 aliphatic rings. The van der Waals surface area contributed by atoms with E-state index in [1.54, 1.807) is 6.92 Å². The third-order valence-corrected chi connectivity index (χ3v) is 3.86. The van der Waals surface area contributed by atoms with Gasteiger partial charge in [0.2, 0.25) is 0 Å². The topological polar surface area (TPSA) is 73.3 Å². The number of rotatable bonds is 3. The molecular weight excluding hydrogens is 283 g/mol. The van der Waals surface area contributed by atoms with Gasteiger partial charge in [-0.1, -0.05) is 0 Å². The molecule has 7 heteroatoms. The van der Waals surface area contributed by atoms with Crippen LogP contribution >= 0.6 is 0 Å². The lowest BCUT2D eigenvalue weighted by atomic mass is 10.0. The van der Waals surface area contributed by atoms with E-state index in [0.717, 1.165) is 18.6 Å². The van der Waals surface area contributed by atoms with Gasteiger partial charge < -0.3 is 15.7 Å². The minimum Gasteiger partial charge on any atom is -0.393 e. The summed E-state index contributed by atoms with van der Waals surface area (Å²) in [5, 5.41) is 17.1. The number of aliphatic hydroxyl groups is 1. The van der Waals surface area contributed by atoms with Crippen molar-refractivity contribution in [3.63, 3.8) is 0 Å². The lowest BCUT2D eigenvalue weighted by Gasteiger charge is -2.23. The molecule has 4 nitrogen and oxygen atoms in total. The van der Waals surface area contributed by atoms with E-state index in [9.17, 15) is 18.3 Å². The third-order valence-electron chi connectivity index (χ3n) is 3.86. The Morgan fingerprint density at radius 3 is 2.62 bits per heavy atom. The maximum Gasteiger partial charge on any atom is 0.416 e. The number of amidine groups is 1. The van der Waals surface area contributed by atoms with Gasteiger partial charge in [-0.05, 0) is 31.5 Å². The summed E-state index contributed by atoms with van der Waals surface area (Å²) in [6, 6.07) is 3.26. The van der Waals surface area contributed by atoms with Crippen molar-refractivity contribution < 1.29 is 18.3 Å². The standard InChI is InChI=1S/C14H18F3N3O/c1-8(21)9-4-5-20(7-9)12-3-2-10(14(15,16)17)6-11(12)13(18)19/h2-3,6,8-9,21H,4-5,7H2,1H3,(H3,18,19). The van der Waals surface area contributed by atoms with Crippen LogP contribution in [0.1, 0.15) is 24.5 Å². The molecule has 0 radical (unpaired) electrons. The largest absolute Gasteiger partial charge is 0.416 e. The second-order valence-electron chi connectivity index (χ2n) is 5.38. The van der Waals surface area contributed by atoms with Crippen LogP contribution in [-0.4, -0.2) is 30.1 Å². The number of aliphatic hydroxyl groups excluding tert-OH is 1. The van der Waals surface area contributed by atoms with Gasteiger partial charge in [0.1, 0.15) is 5.84 Å². The van der Waals surface area contributed by atoms with Gasteiger partial charge in [-0.3, -0.25) is 5.41 Å². The van der Waals surface area contributed by atoms with Gasteiger partial charge in [-0.25, -0.2) is 0 Å². The molecule has 116 valence electrons. The Morgan fingerprint density at radius 1 is 1.48 bits per heavy atom. The quantitative estimate of drug-likeness (QED) is 0.592. The maximum atomic E-state index is 12.8. The first kappa shape index (κ1) is 15.6. The maximum absolute atomic E-state index is 12.8. The van der Waals surface area contributed by atoms with Crippen LogP contribution in [0.2, 0.25) is 0 Å². The summed E-state index contributed by atoms with van der Waals surface area (Å²) in [5.74, 6) is -0.316. The Kier molecular flexibility index (Phi) is 4.13. The predicted molar refractivity (Wildman–Crippen MR) is 74.5 cm³/mol. The molecule has 0 bridgehead atoms. The minimum absolute atomic E-state index is 0.0760. The number of benzene rings is 1.